The summed E-state index contributed by atoms with van der Waals surface area (Å²) in [5.41, 5.74) is 1.55. The van der Waals surface area contributed by atoms with Crippen molar-refractivity contribution in [2.75, 3.05) is 21.3 Å². The number of hydrogen-bond donors (Lipinski definition) is 1. The number of ether oxygens (including phenoxy) is 3. The fraction of sp³-hybridized carbons (Fsp3) is 0.188. The highest BCUT2D eigenvalue weighted by Gasteiger charge is 2.12. The lowest BCUT2D eigenvalue weighted by atomic mass is 10.2. The van der Waals surface area contributed by atoms with Gasteiger partial charge in [0.05, 0.1) is 27.0 Å². The summed E-state index contributed by atoms with van der Waals surface area (Å²) in [6, 6.07) is 10.2. The molecule has 0 unspecified atom stereocenters. The minimum Gasteiger partial charge on any atom is -0.508 e. The van der Waals surface area contributed by atoms with Crippen molar-refractivity contribution in [1.82, 2.24) is 0 Å². The lowest BCUT2D eigenvalue weighted by molar-refractivity contribution is 0.324. The number of benzene rings is 2. The highest BCUT2D eigenvalue weighted by atomic mass is 16.5. The van der Waals surface area contributed by atoms with Crippen LogP contribution >= 0.6 is 0 Å². The summed E-state index contributed by atoms with van der Waals surface area (Å²) >= 11 is 0. The minimum atomic E-state index is 0.210. The second-order valence-corrected chi connectivity index (χ2v) is 4.23. The molecule has 2 rings (SSSR count). The topological polar surface area (TPSA) is 60.3 Å². The predicted octanol–water partition coefficient (Wildman–Crippen LogP) is 3.17. The minimum absolute atomic E-state index is 0.210. The molecule has 0 saturated carbocycles. The van der Waals surface area contributed by atoms with Crippen LogP contribution < -0.4 is 14.2 Å². The zero-order valence-corrected chi connectivity index (χ0v) is 12.2. The van der Waals surface area contributed by atoms with E-state index in [0.29, 0.717) is 17.2 Å². The van der Waals surface area contributed by atoms with Crippen molar-refractivity contribution in [3.05, 3.63) is 42.0 Å². The first kappa shape index (κ1) is 14.7. The van der Waals surface area contributed by atoms with Gasteiger partial charge in [-0.05, 0) is 36.4 Å². The van der Waals surface area contributed by atoms with E-state index in [0.717, 1.165) is 11.3 Å². The summed E-state index contributed by atoms with van der Waals surface area (Å²) in [6.45, 7) is 0. The third kappa shape index (κ3) is 3.45. The first-order valence-corrected chi connectivity index (χ1v) is 6.31. The smallest absolute Gasteiger partial charge is 0.203 e. The standard InChI is InChI=1S/C16H17NO4/c1-19-14-8-11(9-15(20-2)16(14)21-3)10-17-12-4-6-13(18)7-5-12/h4-10,18H,1-3H3. The molecule has 0 fully saturated rings. The molecule has 0 spiro atoms. The fourth-order valence-electron chi connectivity index (χ4n) is 1.86. The number of rotatable bonds is 5. The van der Waals surface area contributed by atoms with Crippen molar-refractivity contribution in [2.24, 2.45) is 4.99 Å². The van der Waals surface area contributed by atoms with E-state index in [2.05, 4.69) is 4.99 Å². The highest BCUT2D eigenvalue weighted by molar-refractivity contribution is 5.84. The zero-order valence-electron chi connectivity index (χ0n) is 12.2. The second-order valence-electron chi connectivity index (χ2n) is 4.23. The lowest BCUT2D eigenvalue weighted by Crippen LogP contribution is -1.96. The van der Waals surface area contributed by atoms with Crippen LogP contribution in [-0.2, 0) is 0 Å². The van der Waals surface area contributed by atoms with Gasteiger partial charge in [-0.2, -0.15) is 0 Å². The number of phenolic OH excluding ortho intramolecular Hbond substituents is 1. The van der Waals surface area contributed by atoms with Crippen molar-refractivity contribution in [2.45, 2.75) is 0 Å². The number of phenols is 1. The van der Waals surface area contributed by atoms with E-state index in [1.165, 1.54) is 0 Å². The van der Waals surface area contributed by atoms with Gasteiger partial charge in [-0.15, -0.1) is 0 Å². The van der Waals surface area contributed by atoms with Gasteiger partial charge in [-0.25, -0.2) is 0 Å². The van der Waals surface area contributed by atoms with Crippen molar-refractivity contribution >= 4 is 11.9 Å². The van der Waals surface area contributed by atoms with E-state index < -0.39 is 0 Å². The van der Waals surface area contributed by atoms with Crippen LogP contribution in [-0.4, -0.2) is 32.7 Å². The van der Waals surface area contributed by atoms with Gasteiger partial charge < -0.3 is 19.3 Å². The summed E-state index contributed by atoms with van der Waals surface area (Å²) in [4.78, 5) is 4.34. The van der Waals surface area contributed by atoms with Gasteiger partial charge in [0.1, 0.15) is 5.75 Å². The SMILES string of the molecule is COc1cc(C=Nc2ccc(O)cc2)cc(OC)c1OC. The molecule has 2 aromatic rings. The van der Waals surface area contributed by atoms with Crippen LogP contribution in [0.4, 0.5) is 5.69 Å². The molecule has 0 radical (unpaired) electrons. The molecule has 2 aromatic carbocycles. The van der Waals surface area contributed by atoms with Gasteiger partial charge in [0.25, 0.3) is 0 Å². The molecule has 0 bridgehead atoms. The van der Waals surface area contributed by atoms with Gasteiger partial charge in [-0.3, -0.25) is 4.99 Å². The monoisotopic (exact) mass is 287 g/mol. The molecule has 0 aliphatic carbocycles. The Balaban J connectivity index is 2.33. The lowest BCUT2D eigenvalue weighted by Gasteiger charge is -2.12. The van der Waals surface area contributed by atoms with Crippen LogP contribution in [0.5, 0.6) is 23.0 Å². The average molecular weight is 287 g/mol. The quantitative estimate of drug-likeness (QED) is 0.858. The molecule has 0 saturated heterocycles. The van der Waals surface area contributed by atoms with Crippen LogP contribution in [0.2, 0.25) is 0 Å². The molecule has 0 aromatic heterocycles. The Bertz CT molecular complexity index is 610. The van der Waals surface area contributed by atoms with Gasteiger partial charge >= 0.3 is 0 Å². The van der Waals surface area contributed by atoms with E-state index in [-0.39, 0.29) is 5.75 Å². The maximum atomic E-state index is 9.24. The molecule has 0 amide bonds. The summed E-state index contributed by atoms with van der Waals surface area (Å²) < 4.78 is 15.8. The highest BCUT2D eigenvalue weighted by Crippen LogP contribution is 2.37. The number of hydrogen-bond acceptors (Lipinski definition) is 5. The molecule has 0 atom stereocenters. The molecule has 0 heterocycles. The summed E-state index contributed by atoms with van der Waals surface area (Å²) in [5.74, 6) is 1.90. The maximum absolute atomic E-state index is 9.24. The number of aliphatic imine (C=N–C) groups is 1. The summed E-state index contributed by atoms with van der Waals surface area (Å²) in [6.07, 6.45) is 1.69. The fourth-order valence-corrected chi connectivity index (χ4v) is 1.86. The van der Waals surface area contributed by atoms with E-state index >= 15 is 0 Å². The van der Waals surface area contributed by atoms with E-state index in [9.17, 15) is 5.11 Å². The third-order valence-corrected chi connectivity index (χ3v) is 2.90. The van der Waals surface area contributed by atoms with Crippen LogP contribution in [0.3, 0.4) is 0 Å². The van der Waals surface area contributed by atoms with Crippen LogP contribution in [0.25, 0.3) is 0 Å². The molecule has 21 heavy (non-hydrogen) atoms. The van der Waals surface area contributed by atoms with Gasteiger partial charge in [-0.1, -0.05) is 0 Å². The van der Waals surface area contributed by atoms with Crippen LogP contribution in [0.1, 0.15) is 5.56 Å². The van der Waals surface area contributed by atoms with Crippen molar-refractivity contribution in [3.8, 4) is 23.0 Å². The number of methoxy groups -OCH3 is 3. The maximum Gasteiger partial charge on any atom is 0.203 e. The molecule has 5 nitrogen and oxygen atoms in total. The van der Waals surface area contributed by atoms with Crippen molar-refractivity contribution in [1.29, 1.82) is 0 Å². The summed E-state index contributed by atoms with van der Waals surface area (Å²) in [7, 11) is 4.70. The molecule has 0 aliphatic heterocycles. The molecular weight excluding hydrogens is 270 g/mol. The third-order valence-electron chi connectivity index (χ3n) is 2.90. The molecule has 0 aliphatic rings. The van der Waals surface area contributed by atoms with E-state index in [1.807, 2.05) is 12.1 Å². The number of aromatic hydroxyl groups is 1. The summed E-state index contributed by atoms with van der Waals surface area (Å²) in [5, 5.41) is 9.24. The molecule has 5 heteroatoms. The Hall–Kier alpha value is -2.69. The van der Waals surface area contributed by atoms with Gasteiger partial charge in [0.2, 0.25) is 5.75 Å². The number of nitrogens with zero attached hydrogens (tertiary/aromatic N) is 1. The van der Waals surface area contributed by atoms with Crippen molar-refractivity contribution < 1.29 is 19.3 Å². The molecular formula is C16H17NO4. The Kier molecular flexibility index (Phi) is 4.66. The normalized spacial score (nSPS) is 10.6. The first-order chi connectivity index (χ1) is 10.2. The van der Waals surface area contributed by atoms with Gasteiger partial charge in [0, 0.05) is 11.8 Å². The zero-order chi connectivity index (χ0) is 15.2. The van der Waals surface area contributed by atoms with E-state index in [1.54, 1.807) is 51.8 Å². The van der Waals surface area contributed by atoms with Gasteiger partial charge in [0.15, 0.2) is 11.5 Å². The largest absolute Gasteiger partial charge is 0.508 e. The van der Waals surface area contributed by atoms with Crippen LogP contribution in [0.15, 0.2) is 41.4 Å². The second kappa shape index (κ2) is 6.65. The molecule has 1 N–H and O–H groups in total. The van der Waals surface area contributed by atoms with E-state index in [4.69, 9.17) is 14.2 Å². The first-order valence-electron chi connectivity index (χ1n) is 6.31. The molecule has 110 valence electrons. The Labute approximate surface area is 123 Å². The van der Waals surface area contributed by atoms with Crippen LogP contribution in [0, 0.1) is 0 Å². The van der Waals surface area contributed by atoms with Crippen molar-refractivity contribution in [3.63, 3.8) is 0 Å². The predicted molar refractivity (Wildman–Crippen MR) is 81.5 cm³/mol. The Morgan fingerprint density at radius 1 is 0.905 bits per heavy atom. The Morgan fingerprint density at radius 3 is 1.95 bits per heavy atom. The average Bonchev–Trinajstić information content (AvgIpc) is 2.53. The Morgan fingerprint density at radius 2 is 1.48 bits per heavy atom.